The Morgan fingerprint density at radius 2 is 1.57 bits per heavy atom. The topological polar surface area (TPSA) is 106 Å². The molecule has 0 fully saturated rings. The molecule has 1 aliphatic rings. The van der Waals surface area contributed by atoms with Crippen LogP contribution >= 0.6 is 0 Å². The zero-order valence-electron chi connectivity index (χ0n) is 21.6. The Bertz CT molecular complexity index is 1100. The SMILES string of the molecule is C#CCNC(=O)[C@H](CCCCNC(=O)OCC1c2ccccc2-c2ccccc21)NC(=O)OC(C)(C)C. The van der Waals surface area contributed by atoms with E-state index in [1.807, 2.05) is 24.3 Å². The molecule has 0 bridgehead atoms. The summed E-state index contributed by atoms with van der Waals surface area (Å²) < 4.78 is 10.8. The van der Waals surface area contributed by atoms with Crippen molar-refractivity contribution in [3.8, 4) is 23.5 Å². The summed E-state index contributed by atoms with van der Waals surface area (Å²) in [5.74, 6) is 1.96. The number of carbonyl (C=O) groups is 3. The van der Waals surface area contributed by atoms with E-state index in [1.165, 1.54) is 11.1 Å². The molecule has 8 nitrogen and oxygen atoms in total. The molecule has 3 amide bonds. The number of carbonyl (C=O) groups excluding carboxylic acids is 3. The minimum Gasteiger partial charge on any atom is -0.449 e. The molecule has 0 aliphatic heterocycles. The van der Waals surface area contributed by atoms with Crippen molar-refractivity contribution < 1.29 is 23.9 Å². The summed E-state index contributed by atoms with van der Waals surface area (Å²) in [6.07, 6.45) is 5.58. The monoisotopic (exact) mass is 505 g/mol. The number of nitrogens with one attached hydrogen (secondary N) is 3. The molecule has 0 unspecified atom stereocenters. The number of rotatable bonds is 10. The van der Waals surface area contributed by atoms with Crippen LogP contribution in [0.2, 0.25) is 0 Å². The number of benzene rings is 2. The molecule has 1 atom stereocenters. The molecule has 37 heavy (non-hydrogen) atoms. The van der Waals surface area contributed by atoms with E-state index in [0.29, 0.717) is 25.8 Å². The summed E-state index contributed by atoms with van der Waals surface area (Å²) >= 11 is 0. The molecular formula is C29H35N3O5. The largest absolute Gasteiger partial charge is 0.449 e. The van der Waals surface area contributed by atoms with Crippen LogP contribution in [-0.4, -0.2) is 49.4 Å². The maximum atomic E-state index is 12.4. The lowest BCUT2D eigenvalue weighted by Gasteiger charge is -2.23. The second-order valence-corrected chi connectivity index (χ2v) is 9.87. The third-order valence-corrected chi connectivity index (χ3v) is 5.90. The summed E-state index contributed by atoms with van der Waals surface area (Å²) in [5.41, 5.74) is 3.98. The molecule has 196 valence electrons. The van der Waals surface area contributed by atoms with Gasteiger partial charge in [-0.15, -0.1) is 6.42 Å². The average molecular weight is 506 g/mol. The Labute approximate surface area is 218 Å². The van der Waals surface area contributed by atoms with Crippen LogP contribution in [0.4, 0.5) is 9.59 Å². The van der Waals surface area contributed by atoms with Crippen LogP contribution in [0.1, 0.15) is 57.1 Å². The molecular weight excluding hydrogens is 470 g/mol. The second kappa shape index (κ2) is 12.8. The van der Waals surface area contributed by atoms with Crippen molar-refractivity contribution in [1.82, 2.24) is 16.0 Å². The first-order valence-corrected chi connectivity index (χ1v) is 12.5. The lowest BCUT2D eigenvalue weighted by atomic mass is 9.98. The molecule has 0 saturated carbocycles. The third kappa shape index (κ3) is 8.01. The van der Waals surface area contributed by atoms with Crippen molar-refractivity contribution in [1.29, 1.82) is 0 Å². The van der Waals surface area contributed by atoms with Crippen LogP contribution < -0.4 is 16.0 Å². The molecule has 1 aliphatic carbocycles. The predicted octanol–water partition coefficient (Wildman–Crippen LogP) is 4.34. The van der Waals surface area contributed by atoms with E-state index in [4.69, 9.17) is 15.9 Å². The number of hydrogen-bond acceptors (Lipinski definition) is 5. The van der Waals surface area contributed by atoms with Crippen molar-refractivity contribution >= 4 is 18.1 Å². The van der Waals surface area contributed by atoms with Crippen LogP contribution in [0.5, 0.6) is 0 Å². The molecule has 3 N–H and O–H groups in total. The van der Waals surface area contributed by atoms with Crippen molar-refractivity contribution in [2.24, 2.45) is 0 Å². The van der Waals surface area contributed by atoms with Crippen molar-refractivity contribution in [2.45, 2.75) is 57.6 Å². The lowest BCUT2D eigenvalue weighted by molar-refractivity contribution is -0.123. The molecule has 2 aromatic carbocycles. The zero-order chi connectivity index (χ0) is 26.8. The van der Waals surface area contributed by atoms with Gasteiger partial charge in [0.25, 0.3) is 0 Å². The van der Waals surface area contributed by atoms with Gasteiger partial charge in [-0.25, -0.2) is 9.59 Å². The highest BCUT2D eigenvalue weighted by atomic mass is 16.6. The number of terminal acetylenes is 1. The Balaban J connectivity index is 1.43. The van der Waals surface area contributed by atoms with Crippen LogP contribution in [0, 0.1) is 12.3 Å². The summed E-state index contributed by atoms with van der Waals surface area (Å²) in [7, 11) is 0. The molecule has 0 saturated heterocycles. The van der Waals surface area contributed by atoms with Gasteiger partial charge in [-0.05, 0) is 62.3 Å². The Morgan fingerprint density at radius 3 is 2.16 bits per heavy atom. The Hall–Kier alpha value is -3.99. The van der Waals surface area contributed by atoms with Gasteiger partial charge in [-0.1, -0.05) is 54.5 Å². The normalized spacial score (nSPS) is 12.9. The summed E-state index contributed by atoms with van der Waals surface area (Å²) in [6.45, 7) is 5.92. The van der Waals surface area contributed by atoms with Gasteiger partial charge in [-0.2, -0.15) is 0 Å². The average Bonchev–Trinajstić information content (AvgIpc) is 3.17. The van der Waals surface area contributed by atoms with Crippen LogP contribution in [-0.2, 0) is 14.3 Å². The standard InChI is InChI=1S/C29H35N3O5/c1-5-17-30-26(33)25(32-28(35)37-29(2,3)4)16-10-11-18-31-27(34)36-19-24-22-14-8-6-12-20(22)21-13-7-9-15-23(21)24/h1,6-9,12-15,24-25H,10-11,16-19H2,2-4H3,(H,30,33)(H,31,34)(H,32,35)/t25-/m0/s1. The number of unbranched alkanes of at least 4 members (excludes halogenated alkanes) is 1. The van der Waals surface area contributed by atoms with E-state index in [9.17, 15) is 14.4 Å². The fourth-order valence-electron chi connectivity index (χ4n) is 4.29. The van der Waals surface area contributed by atoms with E-state index in [2.05, 4.69) is 46.1 Å². The van der Waals surface area contributed by atoms with Gasteiger partial charge in [0, 0.05) is 12.5 Å². The molecule has 0 heterocycles. The number of fused-ring (bicyclic) bond motifs is 3. The van der Waals surface area contributed by atoms with E-state index in [1.54, 1.807) is 20.8 Å². The number of amides is 3. The van der Waals surface area contributed by atoms with Crippen molar-refractivity contribution in [2.75, 3.05) is 19.7 Å². The van der Waals surface area contributed by atoms with E-state index in [-0.39, 0.29) is 25.0 Å². The smallest absolute Gasteiger partial charge is 0.408 e. The van der Waals surface area contributed by atoms with E-state index in [0.717, 1.165) is 11.1 Å². The highest BCUT2D eigenvalue weighted by Crippen LogP contribution is 2.44. The Morgan fingerprint density at radius 1 is 0.946 bits per heavy atom. The maximum Gasteiger partial charge on any atom is 0.408 e. The van der Waals surface area contributed by atoms with Gasteiger partial charge in [0.05, 0.1) is 6.54 Å². The van der Waals surface area contributed by atoms with Gasteiger partial charge in [0.15, 0.2) is 0 Å². The predicted molar refractivity (Wildman–Crippen MR) is 142 cm³/mol. The van der Waals surface area contributed by atoms with E-state index >= 15 is 0 Å². The van der Waals surface area contributed by atoms with E-state index < -0.39 is 23.8 Å². The minimum atomic E-state index is -0.794. The minimum absolute atomic E-state index is 0.000593. The first-order valence-electron chi connectivity index (χ1n) is 12.5. The molecule has 0 spiro atoms. The van der Waals surface area contributed by atoms with Gasteiger partial charge < -0.3 is 25.4 Å². The van der Waals surface area contributed by atoms with Crippen LogP contribution in [0.3, 0.4) is 0 Å². The number of ether oxygens (including phenoxy) is 2. The molecule has 3 rings (SSSR count). The summed E-state index contributed by atoms with van der Waals surface area (Å²) in [6, 6.07) is 15.5. The lowest BCUT2D eigenvalue weighted by Crippen LogP contribution is -2.48. The first kappa shape index (κ1) is 27.6. The van der Waals surface area contributed by atoms with Gasteiger partial charge >= 0.3 is 12.2 Å². The number of alkyl carbamates (subject to hydrolysis) is 2. The third-order valence-electron chi connectivity index (χ3n) is 5.90. The first-order chi connectivity index (χ1) is 17.7. The van der Waals surface area contributed by atoms with Crippen molar-refractivity contribution in [3.05, 3.63) is 59.7 Å². The van der Waals surface area contributed by atoms with Gasteiger partial charge in [0.2, 0.25) is 5.91 Å². The molecule has 0 radical (unpaired) electrons. The van der Waals surface area contributed by atoms with Gasteiger partial charge in [-0.3, -0.25) is 4.79 Å². The highest BCUT2D eigenvalue weighted by Gasteiger charge is 2.29. The Kier molecular flexibility index (Phi) is 9.56. The zero-order valence-corrected chi connectivity index (χ0v) is 21.6. The quantitative estimate of drug-likeness (QED) is 0.329. The van der Waals surface area contributed by atoms with Gasteiger partial charge in [0.1, 0.15) is 18.2 Å². The van der Waals surface area contributed by atoms with Crippen LogP contribution in [0.15, 0.2) is 48.5 Å². The number of hydrogen-bond donors (Lipinski definition) is 3. The molecule has 0 aromatic heterocycles. The van der Waals surface area contributed by atoms with Crippen molar-refractivity contribution in [3.63, 3.8) is 0 Å². The maximum absolute atomic E-state index is 12.4. The fraction of sp³-hybridized carbons (Fsp3) is 0.414. The second-order valence-electron chi connectivity index (χ2n) is 9.87. The molecule has 8 heteroatoms. The fourth-order valence-corrected chi connectivity index (χ4v) is 4.29. The van der Waals surface area contributed by atoms with Crippen LogP contribution in [0.25, 0.3) is 11.1 Å². The summed E-state index contributed by atoms with van der Waals surface area (Å²) in [4.78, 5) is 36.9. The highest BCUT2D eigenvalue weighted by molar-refractivity contribution is 5.85. The summed E-state index contributed by atoms with van der Waals surface area (Å²) in [5, 5.41) is 7.94. The molecule has 2 aromatic rings.